The van der Waals surface area contributed by atoms with E-state index in [0.29, 0.717) is 12.8 Å². The van der Waals surface area contributed by atoms with Gasteiger partial charge in [-0.15, -0.1) is 0 Å². The van der Waals surface area contributed by atoms with Gasteiger partial charge in [-0.25, -0.2) is 0 Å². The van der Waals surface area contributed by atoms with Crippen LogP contribution in [0.3, 0.4) is 0 Å². The first-order valence-corrected chi connectivity index (χ1v) is 5.92. The largest absolute Gasteiger partial charge is 0.418 e. The zero-order chi connectivity index (χ0) is 14.1. The Balaban J connectivity index is 2.22. The number of halogens is 3. The summed E-state index contributed by atoms with van der Waals surface area (Å²) in [6.07, 6.45) is -2.45. The predicted octanol–water partition coefficient (Wildman–Crippen LogP) is 2.90. The number of benzene rings is 1. The molecule has 102 valence electrons. The molecule has 1 fully saturated rings. The summed E-state index contributed by atoms with van der Waals surface area (Å²) in [6.45, 7) is 0.0853. The molecular weight excluding hydrogens is 257 g/mol. The minimum absolute atomic E-state index is 0.0415. The highest BCUT2D eigenvalue weighted by Crippen LogP contribution is 2.37. The number of nitrogens with one attached hydrogen (secondary N) is 1. The zero-order valence-electron chi connectivity index (χ0n) is 10.1. The van der Waals surface area contributed by atoms with Gasteiger partial charge in [0.25, 0.3) is 0 Å². The molecule has 19 heavy (non-hydrogen) atoms. The van der Waals surface area contributed by atoms with E-state index < -0.39 is 17.3 Å². The van der Waals surface area contributed by atoms with Crippen LogP contribution in [0, 0.1) is 11.3 Å². The van der Waals surface area contributed by atoms with Crippen LogP contribution in [-0.2, 0) is 6.18 Å². The first kappa shape index (κ1) is 13.7. The molecule has 6 heteroatoms. The molecule has 2 N–H and O–H groups in total. The second-order valence-electron chi connectivity index (χ2n) is 4.80. The molecule has 1 saturated carbocycles. The van der Waals surface area contributed by atoms with Gasteiger partial charge in [0, 0.05) is 12.2 Å². The first-order chi connectivity index (χ1) is 8.84. The summed E-state index contributed by atoms with van der Waals surface area (Å²) in [6, 6.07) is 5.04. The average molecular weight is 270 g/mol. The topological polar surface area (TPSA) is 56.0 Å². The van der Waals surface area contributed by atoms with Crippen molar-refractivity contribution in [3.05, 3.63) is 29.3 Å². The molecule has 0 aromatic heterocycles. The van der Waals surface area contributed by atoms with Crippen molar-refractivity contribution < 1.29 is 18.3 Å². The van der Waals surface area contributed by atoms with Crippen LogP contribution in [0.25, 0.3) is 0 Å². The van der Waals surface area contributed by atoms with Crippen LogP contribution in [0.4, 0.5) is 18.9 Å². The molecule has 0 saturated heterocycles. The van der Waals surface area contributed by atoms with Gasteiger partial charge in [-0.05, 0) is 37.5 Å². The van der Waals surface area contributed by atoms with Gasteiger partial charge in [0.05, 0.1) is 22.8 Å². The lowest BCUT2D eigenvalue weighted by Gasteiger charge is -2.37. The van der Waals surface area contributed by atoms with Gasteiger partial charge in [0.2, 0.25) is 0 Å². The summed E-state index contributed by atoms with van der Waals surface area (Å²) in [7, 11) is 0. The molecule has 0 unspecified atom stereocenters. The van der Waals surface area contributed by atoms with E-state index in [1.165, 1.54) is 12.1 Å². The molecule has 1 aromatic carbocycles. The van der Waals surface area contributed by atoms with E-state index >= 15 is 0 Å². The Morgan fingerprint density at radius 2 is 2.05 bits per heavy atom. The highest BCUT2D eigenvalue weighted by Gasteiger charge is 2.37. The summed E-state index contributed by atoms with van der Waals surface area (Å²) in [5, 5.41) is 21.2. The summed E-state index contributed by atoms with van der Waals surface area (Å²) in [5.74, 6) is 0. The monoisotopic (exact) mass is 270 g/mol. The van der Waals surface area contributed by atoms with Crippen molar-refractivity contribution in [2.24, 2.45) is 0 Å². The average Bonchev–Trinajstić information content (AvgIpc) is 2.32. The number of rotatable bonds is 3. The molecular formula is C13H13F3N2O. The van der Waals surface area contributed by atoms with Crippen molar-refractivity contribution in [1.29, 1.82) is 5.26 Å². The van der Waals surface area contributed by atoms with E-state index in [-0.39, 0.29) is 17.8 Å². The fourth-order valence-electron chi connectivity index (χ4n) is 2.02. The lowest BCUT2D eigenvalue weighted by atomic mass is 9.80. The third kappa shape index (κ3) is 2.99. The van der Waals surface area contributed by atoms with E-state index in [1.807, 2.05) is 0 Å². The SMILES string of the molecule is N#Cc1ccc(NCC2(O)CCC2)c(C(F)(F)F)c1. The standard InChI is InChI=1S/C13H13F3N2O/c14-13(15,16)10-6-9(7-17)2-3-11(10)18-8-12(19)4-1-5-12/h2-3,6,18-19H,1,4-5,8H2. The number of alkyl halides is 3. The quantitative estimate of drug-likeness (QED) is 0.888. The number of nitrogens with zero attached hydrogens (tertiary/aromatic N) is 1. The lowest BCUT2D eigenvalue weighted by Crippen LogP contribution is -2.43. The molecule has 1 aliphatic rings. The maximum Gasteiger partial charge on any atom is 0.418 e. The summed E-state index contributed by atoms with van der Waals surface area (Å²) >= 11 is 0. The molecule has 2 rings (SSSR count). The second-order valence-corrected chi connectivity index (χ2v) is 4.80. The highest BCUT2D eigenvalue weighted by molar-refractivity contribution is 5.56. The van der Waals surface area contributed by atoms with Gasteiger partial charge in [0.1, 0.15) is 0 Å². The predicted molar refractivity (Wildman–Crippen MR) is 63.4 cm³/mol. The number of anilines is 1. The van der Waals surface area contributed by atoms with E-state index in [0.717, 1.165) is 12.5 Å². The normalized spacial score (nSPS) is 17.4. The third-order valence-electron chi connectivity index (χ3n) is 3.35. The smallest absolute Gasteiger partial charge is 0.388 e. The number of nitriles is 1. The van der Waals surface area contributed by atoms with Crippen LogP contribution >= 0.6 is 0 Å². The molecule has 0 aliphatic heterocycles. The Hall–Kier alpha value is -1.74. The van der Waals surface area contributed by atoms with Crippen molar-refractivity contribution >= 4 is 5.69 Å². The fourth-order valence-corrected chi connectivity index (χ4v) is 2.02. The van der Waals surface area contributed by atoms with Crippen LogP contribution in [0.15, 0.2) is 18.2 Å². The minimum atomic E-state index is -4.53. The van der Waals surface area contributed by atoms with Gasteiger partial charge in [-0.1, -0.05) is 0 Å². The number of aliphatic hydroxyl groups is 1. The minimum Gasteiger partial charge on any atom is -0.388 e. The third-order valence-corrected chi connectivity index (χ3v) is 3.35. The van der Waals surface area contributed by atoms with Gasteiger partial charge < -0.3 is 10.4 Å². The van der Waals surface area contributed by atoms with Crippen LogP contribution in [0.5, 0.6) is 0 Å². The zero-order valence-corrected chi connectivity index (χ0v) is 10.1. The summed E-state index contributed by atoms with van der Waals surface area (Å²) in [4.78, 5) is 0. The van der Waals surface area contributed by atoms with Crippen LogP contribution in [0.2, 0.25) is 0 Å². The molecule has 0 spiro atoms. The van der Waals surface area contributed by atoms with Crippen LogP contribution < -0.4 is 5.32 Å². The molecule has 3 nitrogen and oxygen atoms in total. The number of hydrogen-bond donors (Lipinski definition) is 2. The van der Waals surface area contributed by atoms with Crippen molar-refractivity contribution in [3.63, 3.8) is 0 Å². The van der Waals surface area contributed by atoms with Crippen LogP contribution in [-0.4, -0.2) is 17.3 Å². The van der Waals surface area contributed by atoms with Crippen LogP contribution in [0.1, 0.15) is 30.4 Å². The Morgan fingerprint density at radius 3 is 2.53 bits per heavy atom. The van der Waals surface area contributed by atoms with Gasteiger partial charge in [-0.3, -0.25) is 0 Å². The Bertz CT molecular complexity index is 516. The van der Waals surface area contributed by atoms with E-state index in [1.54, 1.807) is 6.07 Å². The molecule has 0 bridgehead atoms. The van der Waals surface area contributed by atoms with Crippen molar-refractivity contribution in [2.75, 3.05) is 11.9 Å². The Kier molecular flexibility index (Phi) is 3.42. The number of hydrogen-bond acceptors (Lipinski definition) is 3. The summed E-state index contributed by atoms with van der Waals surface area (Å²) in [5.41, 5.74) is -1.93. The lowest BCUT2D eigenvalue weighted by molar-refractivity contribution is -0.137. The van der Waals surface area contributed by atoms with Gasteiger partial charge >= 0.3 is 6.18 Å². The molecule has 1 aromatic rings. The molecule has 1 aliphatic carbocycles. The molecule has 0 amide bonds. The van der Waals surface area contributed by atoms with E-state index in [9.17, 15) is 18.3 Å². The molecule has 0 heterocycles. The Labute approximate surface area is 108 Å². The molecule has 0 radical (unpaired) electrons. The van der Waals surface area contributed by atoms with Crippen molar-refractivity contribution in [2.45, 2.75) is 31.0 Å². The molecule has 0 atom stereocenters. The Morgan fingerprint density at radius 1 is 1.37 bits per heavy atom. The van der Waals surface area contributed by atoms with E-state index in [2.05, 4.69) is 5.32 Å². The van der Waals surface area contributed by atoms with Gasteiger partial charge in [0.15, 0.2) is 0 Å². The summed E-state index contributed by atoms with van der Waals surface area (Å²) < 4.78 is 38.6. The highest BCUT2D eigenvalue weighted by atomic mass is 19.4. The maximum absolute atomic E-state index is 12.9. The maximum atomic E-state index is 12.9. The van der Waals surface area contributed by atoms with E-state index in [4.69, 9.17) is 5.26 Å². The van der Waals surface area contributed by atoms with Crippen molar-refractivity contribution in [3.8, 4) is 6.07 Å². The van der Waals surface area contributed by atoms with Gasteiger partial charge in [-0.2, -0.15) is 18.4 Å². The van der Waals surface area contributed by atoms with Crippen molar-refractivity contribution in [1.82, 2.24) is 0 Å². The second kappa shape index (κ2) is 4.74. The first-order valence-electron chi connectivity index (χ1n) is 5.92. The fraction of sp³-hybridized carbons (Fsp3) is 0.462.